The summed E-state index contributed by atoms with van der Waals surface area (Å²) in [4.78, 5) is 15.7. The largest absolute Gasteiger partial charge is 0.426 e. The number of anilines is 1. The van der Waals surface area contributed by atoms with E-state index in [1.54, 1.807) is 10.9 Å². The summed E-state index contributed by atoms with van der Waals surface area (Å²) in [6, 6.07) is 13.8. The fourth-order valence-electron chi connectivity index (χ4n) is 2.64. The molecule has 152 valence electrons. The second-order valence-corrected chi connectivity index (χ2v) is 8.32. The Labute approximate surface area is 171 Å². The third-order valence-electron chi connectivity index (χ3n) is 4.48. The van der Waals surface area contributed by atoms with Gasteiger partial charge in [-0.2, -0.15) is 4.80 Å². The maximum Gasteiger partial charge on any atom is 0.316 e. The van der Waals surface area contributed by atoms with Crippen LogP contribution < -0.4 is 9.64 Å². The number of carbonyl (C=O) groups is 1. The van der Waals surface area contributed by atoms with Crippen LogP contribution in [0.3, 0.4) is 0 Å². The summed E-state index contributed by atoms with van der Waals surface area (Å²) >= 11 is 0. The van der Waals surface area contributed by atoms with Gasteiger partial charge in [0.25, 0.3) is 0 Å². The summed E-state index contributed by atoms with van der Waals surface area (Å²) in [6.45, 7) is 7.92. The quantitative estimate of drug-likeness (QED) is 0.486. The van der Waals surface area contributed by atoms with Crippen molar-refractivity contribution in [1.29, 1.82) is 0 Å². The Hall–Kier alpha value is -3.22. The van der Waals surface area contributed by atoms with Gasteiger partial charge in [-0.25, -0.2) is 0 Å². The van der Waals surface area contributed by atoms with Gasteiger partial charge in [0.05, 0.1) is 12.0 Å². The molecule has 1 heterocycles. The van der Waals surface area contributed by atoms with Crippen LogP contribution in [0.1, 0.15) is 31.9 Å². The number of rotatable bonds is 5. The van der Waals surface area contributed by atoms with Crippen molar-refractivity contribution in [2.75, 3.05) is 19.0 Å². The number of hydrogen-bond donors (Lipinski definition) is 0. The van der Waals surface area contributed by atoms with Crippen molar-refractivity contribution in [3.8, 4) is 17.1 Å². The van der Waals surface area contributed by atoms with Gasteiger partial charge in [0.15, 0.2) is 0 Å². The molecule has 29 heavy (non-hydrogen) atoms. The molecule has 0 bridgehead atoms. The summed E-state index contributed by atoms with van der Waals surface area (Å²) in [6.07, 6.45) is 0. The summed E-state index contributed by atoms with van der Waals surface area (Å²) in [5.41, 5.74) is 3.35. The molecule has 2 aromatic carbocycles. The number of esters is 1. The first-order chi connectivity index (χ1) is 13.6. The molecule has 0 aliphatic heterocycles. The number of aryl methyl sites for hydroxylation is 1. The smallest absolute Gasteiger partial charge is 0.316 e. The second kappa shape index (κ2) is 8.03. The van der Waals surface area contributed by atoms with E-state index >= 15 is 0 Å². The fraction of sp³-hybridized carbons (Fsp3) is 0.364. The van der Waals surface area contributed by atoms with E-state index in [9.17, 15) is 4.79 Å². The number of aromatic nitrogens is 4. The summed E-state index contributed by atoms with van der Waals surface area (Å²) < 4.78 is 5.51. The molecule has 0 radical (unpaired) electrons. The predicted molar refractivity (Wildman–Crippen MR) is 113 cm³/mol. The standard InChI is InChI=1S/C22H27N5O2/c1-15-13-17(9-12-19(15)29-21(28)22(2,3)4)20-23-25-27(24-20)14-16-7-10-18(11-8-16)26(5)6/h7-13H,14H2,1-6H3. The van der Waals surface area contributed by atoms with E-state index in [0.717, 1.165) is 22.4 Å². The molecular weight excluding hydrogens is 366 g/mol. The Morgan fingerprint density at radius 2 is 1.79 bits per heavy atom. The van der Waals surface area contributed by atoms with Crippen LogP contribution in [-0.4, -0.2) is 40.3 Å². The first kappa shape index (κ1) is 20.5. The molecule has 3 aromatic rings. The van der Waals surface area contributed by atoms with Crippen molar-refractivity contribution in [2.24, 2.45) is 5.41 Å². The molecule has 7 heteroatoms. The highest BCUT2D eigenvalue weighted by Crippen LogP contribution is 2.26. The molecule has 0 unspecified atom stereocenters. The molecular formula is C22H27N5O2. The molecule has 3 rings (SSSR count). The van der Waals surface area contributed by atoms with Gasteiger partial charge >= 0.3 is 5.97 Å². The maximum atomic E-state index is 12.1. The molecule has 0 amide bonds. The van der Waals surface area contributed by atoms with Crippen LogP contribution in [0.25, 0.3) is 11.4 Å². The first-order valence-corrected chi connectivity index (χ1v) is 9.51. The molecule has 0 saturated carbocycles. The molecule has 0 fully saturated rings. The number of hydrogen-bond acceptors (Lipinski definition) is 6. The number of nitrogens with zero attached hydrogens (tertiary/aromatic N) is 5. The van der Waals surface area contributed by atoms with Crippen LogP contribution in [0.2, 0.25) is 0 Å². The molecule has 1 aromatic heterocycles. The third kappa shape index (κ3) is 4.99. The van der Waals surface area contributed by atoms with E-state index in [1.165, 1.54) is 0 Å². The zero-order valence-electron chi connectivity index (χ0n) is 17.8. The lowest BCUT2D eigenvalue weighted by atomic mass is 9.97. The Balaban J connectivity index is 1.73. The first-order valence-electron chi connectivity index (χ1n) is 9.51. The van der Waals surface area contributed by atoms with Gasteiger partial charge in [-0.3, -0.25) is 4.79 Å². The molecule has 0 saturated heterocycles. The topological polar surface area (TPSA) is 73.1 Å². The molecule has 0 spiro atoms. The van der Waals surface area contributed by atoms with Crippen molar-refractivity contribution in [3.63, 3.8) is 0 Å². The van der Waals surface area contributed by atoms with Gasteiger partial charge in [0, 0.05) is 25.3 Å². The number of ether oxygens (including phenoxy) is 1. The van der Waals surface area contributed by atoms with Crippen molar-refractivity contribution in [1.82, 2.24) is 20.2 Å². The summed E-state index contributed by atoms with van der Waals surface area (Å²) in [5.74, 6) is 0.812. The van der Waals surface area contributed by atoms with Crippen LogP contribution in [0.5, 0.6) is 5.75 Å². The van der Waals surface area contributed by atoms with Crippen LogP contribution in [0.4, 0.5) is 5.69 Å². The highest BCUT2D eigenvalue weighted by molar-refractivity contribution is 5.78. The highest BCUT2D eigenvalue weighted by Gasteiger charge is 2.24. The van der Waals surface area contributed by atoms with E-state index in [-0.39, 0.29) is 5.97 Å². The van der Waals surface area contributed by atoms with E-state index in [4.69, 9.17) is 4.74 Å². The minimum absolute atomic E-state index is 0.266. The van der Waals surface area contributed by atoms with Gasteiger partial charge in [-0.15, -0.1) is 10.2 Å². The summed E-state index contributed by atoms with van der Waals surface area (Å²) in [7, 11) is 4.02. The molecule has 0 aliphatic carbocycles. The van der Waals surface area contributed by atoms with Crippen molar-refractivity contribution < 1.29 is 9.53 Å². The predicted octanol–water partition coefficient (Wildman–Crippen LogP) is 3.71. The lowest BCUT2D eigenvalue weighted by Crippen LogP contribution is -2.25. The van der Waals surface area contributed by atoms with E-state index in [2.05, 4.69) is 44.6 Å². The van der Waals surface area contributed by atoms with Gasteiger partial charge in [0.1, 0.15) is 5.75 Å². The van der Waals surface area contributed by atoms with E-state index in [0.29, 0.717) is 18.1 Å². The van der Waals surface area contributed by atoms with Gasteiger partial charge in [-0.05, 0) is 74.4 Å². The maximum absolute atomic E-state index is 12.1. The van der Waals surface area contributed by atoms with Gasteiger partial charge < -0.3 is 9.64 Å². The molecule has 7 nitrogen and oxygen atoms in total. The van der Waals surface area contributed by atoms with Gasteiger partial charge in [-0.1, -0.05) is 12.1 Å². The van der Waals surface area contributed by atoms with Crippen molar-refractivity contribution in [3.05, 3.63) is 53.6 Å². The number of benzene rings is 2. The third-order valence-corrected chi connectivity index (χ3v) is 4.48. The van der Waals surface area contributed by atoms with Crippen LogP contribution in [0.15, 0.2) is 42.5 Å². The Kier molecular flexibility index (Phi) is 5.68. The minimum atomic E-state index is -0.555. The molecule has 0 aliphatic rings. The number of tetrazole rings is 1. The Morgan fingerprint density at radius 3 is 2.38 bits per heavy atom. The summed E-state index contributed by atoms with van der Waals surface area (Å²) in [5, 5.41) is 12.8. The molecule has 0 atom stereocenters. The zero-order chi connectivity index (χ0) is 21.2. The van der Waals surface area contributed by atoms with Gasteiger partial charge in [0.2, 0.25) is 5.82 Å². The minimum Gasteiger partial charge on any atom is -0.426 e. The van der Waals surface area contributed by atoms with E-state index < -0.39 is 5.41 Å². The Morgan fingerprint density at radius 1 is 1.10 bits per heavy atom. The second-order valence-electron chi connectivity index (χ2n) is 8.32. The lowest BCUT2D eigenvalue weighted by molar-refractivity contribution is -0.143. The van der Waals surface area contributed by atoms with Crippen LogP contribution >= 0.6 is 0 Å². The normalized spacial score (nSPS) is 11.4. The SMILES string of the molecule is Cc1cc(-c2nnn(Cc3ccc(N(C)C)cc3)n2)ccc1OC(=O)C(C)(C)C. The average molecular weight is 393 g/mol. The zero-order valence-corrected chi connectivity index (χ0v) is 17.8. The van der Waals surface area contributed by atoms with Crippen LogP contribution in [0, 0.1) is 12.3 Å². The highest BCUT2D eigenvalue weighted by atomic mass is 16.5. The fourth-order valence-corrected chi connectivity index (χ4v) is 2.64. The van der Waals surface area contributed by atoms with Crippen molar-refractivity contribution in [2.45, 2.75) is 34.2 Å². The van der Waals surface area contributed by atoms with Crippen molar-refractivity contribution >= 4 is 11.7 Å². The average Bonchev–Trinajstić information content (AvgIpc) is 3.11. The Bertz CT molecular complexity index is 1000. The van der Waals surface area contributed by atoms with Crippen LogP contribution in [-0.2, 0) is 11.3 Å². The molecule has 0 N–H and O–H groups in total. The monoisotopic (exact) mass is 393 g/mol. The van der Waals surface area contributed by atoms with E-state index in [1.807, 2.05) is 53.9 Å². The lowest BCUT2D eigenvalue weighted by Gasteiger charge is -2.17. The number of carbonyl (C=O) groups excluding carboxylic acids is 1.